The van der Waals surface area contributed by atoms with Crippen LogP contribution in [0.2, 0.25) is 0 Å². The van der Waals surface area contributed by atoms with Crippen LogP contribution < -0.4 is 10.2 Å². The second-order valence-electron chi connectivity index (χ2n) is 7.60. The minimum atomic E-state index is -4.58. The summed E-state index contributed by atoms with van der Waals surface area (Å²) in [5.74, 6) is 0.590. The van der Waals surface area contributed by atoms with Crippen molar-refractivity contribution in [1.29, 1.82) is 0 Å². The summed E-state index contributed by atoms with van der Waals surface area (Å²) < 4.78 is 40.6. The molecule has 1 aliphatic heterocycles. The number of amides is 1. The van der Waals surface area contributed by atoms with Crippen molar-refractivity contribution in [3.05, 3.63) is 54.5 Å². The third kappa shape index (κ3) is 4.21. The topological polar surface area (TPSA) is 117 Å². The van der Waals surface area contributed by atoms with Gasteiger partial charge < -0.3 is 10.2 Å². The molecule has 0 unspecified atom stereocenters. The van der Waals surface area contributed by atoms with E-state index in [1.807, 2.05) is 4.90 Å². The molecule has 1 fully saturated rings. The van der Waals surface area contributed by atoms with Crippen LogP contribution in [0.1, 0.15) is 29.0 Å². The zero-order chi connectivity index (χ0) is 23.0. The van der Waals surface area contributed by atoms with Gasteiger partial charge in [0.1, 0.15) is 17.2 Å². The SMILES string of the molecule is O=C(N[C@H]1CCCN(c2ccnc(-c3cnc4cnc(C(F)(F)F)cn34)n2)C1)c1cc[nH]n1. The summed E-state index contributed by atoms with van der Waals surface area (Å²) in [7, 11) is 0. The Hall–Kier alpha value is -4.03. The van der Waals surface area contributed by atoms with Crippen molar-refractivity contribution in [1.82, 2.24) is 39.9 Å². The van der Waals surface area contributed by atoms with Gasteiger partial charge in [-0.05, 0) is 25.0 Å². The zero-order valence-electron chi connectivity index (χ0n) is 17.1. The van der Waals surface area contributed by atoms with Crippen LogP contribution in [0.3, 0.4) is 0 Å². The number of imidazole rings is 1. The molecule has 0 spiro atoms. The maximum absolute atomic E-state index is 13.1. The summed E-state index contributed by atoms with van der Waals surface area (Å²) in [4.78, 5) is 30.7. The molecule has 0 radical (unpaired) electrons. The summed E-state index contributed by atoms with van der Waals surface area (Å²) in [5.41, 5.74) is -0.139. The van der Waals surface area contributed by atoms with Crippen molar-refractivity contribution in [3.63, 3.8) is 0 Å². The Morgan fingerprint density at radius 1 is 1.18 bits per heavy atom. The molecule has 33 heavy (non-hydrogen) atoms. The van der Waals surface area contributed by atoms with Gasteiger partial charge in [0.2, 0.25) is 0 Å². The number of carbonyl (C=O) groups excluding carboxylic acids is 1. The van der Waals surface area contributed by atoms with Crippen LogP contribution in [0.15, 0.2) is 43.1 Å². The van der Waals surface area contributed by atoms with Gasteiger partial charge in [-0.15, -0.1) is 0 Å². The number of H-pyrrole nitrogens is 1. The largest absolute Gasteiger partial charge is 0.434 e. The van der Waals surface area contributed by atoms with E-state index in [-0.39, 0.29) is 23.4 Å². The molecule has 5 rings (SSSR count). The zero-order valence-corrected chi connectivity index (χ0v) is 17.1. The Labute approximate surface area is 184 Å². The highest BCUT2D eigenvalue weighted by Gasteiger charge is 2.33. The van der Waals surface area contributed by atoms with Crippen molar-refractivity contribution >= 4 is 17.4 Å². The second kappa shape index (κ2) is 8.15. The fourth-order valence-corrected chi connectivity index (χ4v) is 3.80. The van der Waals surface area contributed by atoms with Gasteiger partial charge >= 0.3 is 6.18 Å². The minimum absolute atomic E-state index is 0.0995. The standard InChI is InChI=1S/C20H18F3N9O/c21-20(22,23)15-11-32-14(8-26-17(32)9-25-15)18-24-5-4-16(29-18)31-7-1-2-12(10-31)28-19(33)13-3-6-27-30-13/h3-6,8-9,11-12H,1-2,7,10H2,(H,27,30)(H,28,33)/t12-/m0/s1. The molecule has 10 nitrogen and oxygen atoms in total. The number of halogens is 3. The molecule has 13 heteroatoms. The Morgan fingerprint density at radius 2 is 2.06 bits per heavy atom. The lowest BCUT2D eigenvalue weighted by Gasteiger charge is -2.33. The molecule has 4 aromatic rings. The van der Waals surface area contributed by atoms with E-state index in [4.69, 9.17) is 0 Å². The Kier molecular flexibility index (Phi) is 5.15. The van der Waals surface area contributed by atoms with Crippen molar-refractivity contribution in [2.75, 3.05) is 18.0 Å². The van der Waals surface area contributed by atoms with Gasteiger partial charge in [0.15, 0.2) is 17.2 Å². The van der Waals surface area contributed by atoms with Crippen LogP contribution in [0.4, 0.5) is 19.0 Å². The molecular weight excluding hydrogens is 439 g/mol. The molecule has 1 aliphatic rings. The number of piperidine rings is 1. The molecule has 5 heterocycles. The smallest absolute Gasteiger partial charge is 0.354 e. The van der Waals surface area contributed by atoms with E-state index >= 15 is 0 Å². The van der Waals surface area contributed by atoms with Crippen LogP contribution in [0, 0.1) is 0 Å². The number of nitrogens with one attached hydrogen (secondary N) is 2. The summed E-state index contributed by atoms with van der Waals surface area (Å²) in [6, 6.07) is 3.23. The molecule has 0 bridgehead atoms. The summed E-state index contributed by atoms with van der Waals surface area (Å²) in [5, 5.41) is 9.48. The predicted octanol–water partition coefficient (Wildman–Crippen LogP) is 2.33. The lowest BCUT2D eigenvalue weighted by Crippen LogP contribution is -2.48. The number of fused-ring (bicyclic) bond motifs is 1. The van der Waals surface area contributed by atoms with Gasteiger partial charge in [-0.25, -0.2) is 19.9 Å². The number of anilines is 1. The van der Waals surface area contributed by atoms with Crippen LogP contribution >= 0.6 is 0 Å². The molecule has 1 atom stereocenters. The minimum Gasteiger partial charge on any atom is -0.354 e. The number of aromatic nitrogens is 7. The molecule has 170 valence electrons. The molecular formula is C20H18F3N9O. The summed E-state index contributed by atoms with van der Waals surface area (Å²) in [6.45, 7) is 1.25. The average molecular weight is 457 g/mol. The number of alkyl halides is 3. The number of hydrogen-bond donors (Lipinski definition) is 2. The van der Waals surface area contributed by atoms with Crippen molar-refractivity contribution in [2.45, 2.75) is 25.1 Å². The van der Waals surface area contributed by atoms with Gasteiger partial charge in [-0.1, -0.05) is 0 Å². The molecule has 0 aliphatic carbocycles. The fourth-order valence-electron chi connectivity index (χ4n) is 3.80. The third-order valence-corrected chi connectivity index (χ3v) is 5.37. The average Bonchev–Trinajstić information content (AvgIpc) is 3.49. The molecule has 4 aromatic heterocycles. The first kappa shape index (κ1) is 20.8. The summed E-state index contributed by atoms with van der Waals surface area (Å²) >= 11 is 0. The first-order valence-electron chi connectivity index (χ1n) is 10.2. The summed E-state index contributed by atoms with van der Waals surface area (Å²) in [6.07, 6.45) is 3.56. The van der Waals surface area contributed by atoms with E-state index < -0.39 is 11.9 Å². The van der Waals surface area contributed by atoms with E-state index in [2.05, 4.69) is 35.5 Å². The first-order chi connectivity index (χ1) is 15.9. The van der Waals surface area contributed by atoms with Gasteiger partial charge in [0, 0.05) is 37.7 Å². The lowest BCUT2D eigenvalue weighted by molar-refractivity contribution is -0.141. The number of aromatic amines is 1. The monoisotopic (exact) mass is 457 g/mol. The number of rotatable bonds is 4. The van der Waals surface area contributed by atoms with E-state index in [1.165, 1.54) is 10.6 Å². The molecule has 0 saturated carbocycles. The Balaban J connectivity index is 1.39. The number of carbonyl (C=O) groups is 1. The highest BCUT2D eigenvalue weighted by molar-refractivity contribution is 5.92. The highest BCUT2D eigenvalue weighted by Crippen LogP contribution is 2.29. The maximum Gasteiger partial charge on any atom is 0.434 e. The highest BCUT2D eigenvalue weighted by atomic mass is 19.4. The van der Waals surface area contributed by atoms with Gasteiger partial charge in [-0.2, -0.15) is 18.3 Å². The van der Waals surface area contributed by atoms with Crippen LogP contribution in [-0.4, -0.2) is 59.6 Å². The van der Waals surface area contributed by atoms with Gasteiger partial charge in [0.25, 0.3) is 5.91 Å². The second-order valence-corrected chi connectivity index (χ2v) is 7.60. The first-order valence-corrected chi connectivity index (χ1v) is 10.2. The quantitative estimate of drug-likeness (QED) is 0.483. The van der Waals surface area contributed by atoms with E-state index in [0.717, 1.165) is 31.8 Å². The molecule has 0 aromatic carbocycles. The molecule has 1 saturated heterocycles. The van der Waals surface area contributed by atoms with E-state index in [9.17, 15) is 18.0 Å². The van der Waals surface area contributed by atoms with E-state index in [1.54, 1.807) is 24.5 Å². The van der Waals surface area contributed by atoms with Crippen LogP contribution in [0.25, 0.3) is 17.2 Å². The lowest BCUT2D eigenvalue weighted by atomic mass is 10.1. The van der Waals surface area contributed by atoms with Gasteiger partial charge in [0.05, 0.1) is 12.4 Å². The Bertz CT molecular complexity index is 1290. The number of hydrogen-bond acceptors (Lipinski definition) is 7. The van der Waals surface area contributed by atoms with Crippen molar-refractivity contribution in [3.8, 4) is 11.5 Å². The van der Waals surface area contributed by atoms with Gasteiger partial charge in [-0.3, -0.25) is 14.3 Å². The third-order valence-electron chi connectivity index (χ3n) is 5.37. The van der Waals surface area contributed by atoms with E-state index in [0.29, 0.717) is 23.8 Å². The normalized spacial score (nSPS) is 16.8. The van der Waals surface area contributed by atoms with Crippen LogP contribution in [-0.2, 0) is 6.18 Å². The predicted molar refractivity (Wildman–Crippen MR) is 110 cm³/mol. The number of nitrogens with zero attached hydrogens (tertiary/aromatic N) is 7. The maximum atomic E-state index is 13.1. The fraction of sp³-hybridized carbons (Fsp3) is 0.300. The Morgan fingerprint density at radius 3 is 2.85 bits per heavy atom. The van der Waals surface area contributed by atoms with Crippen LogP contribution in [0.5, 0.6) is 0 Å². The molecule has 1 amide bonds. The van der Waals surface area contributed by atoms with Crippen molar-refractivity contribution in [2.24, 2.45) is 0 Å². The van der Waals surface area contributed by atoms with Crippen molar-refractivity contribution < 1.29 is 18.0 Å². The molecule has 2 N–H and O–H groups in total.